The molecule has 0 radical (unpaired) electrons. The minimum atomic E-state index is -0.138. The summed E-state index contributed by atoms with van der Waals surface area (Å²) in [7, 11) is 0. The summed E-state index contributed by atoms with van der Waals surface area (Å²) in [5, 5.41) is 6.87. The van der Waals surface area contributed by atoms with Gasteiger partial charge in [0, 0.05) is 11.3 Å². The molecule has 1 amide bonds. The lowest BCUT2D eigenvalue weighted by Gasteiger charge is -2.06. The van der Waals surface area contributed by atoms with Crippen LogP contribution in [0.25, 0.3) is 0 Å². The number of benzene rings is 3. The van der Waals surface area contributed by atoms with E-state index in [9.17, 15) is 4.79 Å². The second-order valence-corrected chi connectivity index (χ2v) is 5.88. The Labute approximate surface area is 153 Å². The van der Waals surface area contributed by atoms with Crippen LogP contribution >= 0.6 is 0 Å². The number of amides is 1. The minimum absolute atomic E-state index is 0.138. The molecule has 0 saturated heterocycles. The molecule has 26 heavy (non-hydrogen) atoms. The molecule has 4 nitrogen and oxygen atoms in total. The van der Waals surface area contributed by atoms with Gasteiger partial charge in [0.25, 0.3) is 5.91 Å². The Morgan fingerprint density at radius 2 is 1.65 bits per heavy atom. The van der Waals surface area contributed by atoms with Crippen LogP contribution < -0.4 is 5.32 Å². The highest BCUT2D eigenvalue weighted by atomic mass is 16.6. The van der Waals surface area contributed by atoms with Gasteiger partial charge in [-0.2, -0.15) is 0 Å². The van der Waals surface area contributed by atoms with Crippen LogP contribution in [0.15, 0.2) is 84.0 Å². The molecule has 3 rings (SSSR count). The van der Waals surface area contributed by atoms with Gasteiger partial charge < -0.3 is 10.2 Å². The number of hydrogen-bond acceptors (Lipinski definition) is 3. The van der Waals surface area contributed by atoms with Gasteiger partial charge in [0.15, 0.2) is 0 Å². The molecule has 0 fully saturated rings. The van der Waals surface area contributed by atoms with E-state index in [1.807, 2.05) is 73.7 Å². The van der Waals surface area contributed by atoms with Crippen molar-refractivity contribution in [3.8, 4) is 0 Å². The van der Waals surface area contributed by atoms with Crippen LogP contribution in [0.2, 0.25) is 0 Å². The molecule has 3 aromatic rings. The molecule has 0 unspecified atom stereocenters. The molecule has 0 aromatic heterocycles. The average Bonchev–Trinajstić information content (AvgIpc) is 2.68. The number of para-hydroxylation sites is 1. The quantitative estimate of drug-likeness (QED) is 0.516. The van der Waals surface area contributed by atoms with Crippen LogP contribution in [-0.4, -0.2) is 12.1 Å². The third-order valence-corrected chi connectivity index (χ3v) is 3.93. The van der Waals surface area contributed by atoms with E-state index < -0.39 is 0 Å². The first-order valence-corrected chi connectivity index (χ1v) is 8.39. The number of nitrogens with zero attached hydrogens (tertiary/aromatic N) is 1. The third-order valence-electron chi connectivity index (χ3n) is 3.93. The summed E-state index contributed by atoms with van der Waals surface area (Å²) >= 11 is 0. The average molecular weight is 344 g/mol. The molecular formula is C22H20N2O2. The molecule has 0 bridgehead atoms. The number of nitrogens with one attached hydrogen (secondary N) is 1. The van der Waals surface area contributed by atoms with Gasteiger partial charge >= 0.3 is 0 Å². The van der Waals surface area contributed by atoms with Crippen LogP contribution in [0.5, 0.6) is 0 Å². The number of carbonyl (C=O) groups excluding carboxylic acids is 1. The van der Waals surface area contributed by atoms with Gasteiger partial charge in [-0.25, -0.2) is 0 Å². The topological polar surface area (TPSA) is 50.7 Å². The molecule has 0 aliphatic rings. The Hall–Kier alpha value is -3.40. The number of oxime groups is 1. The maximum Gasteiger partial charge on any atom is 0.255 e. The predicted octanol–water partition coefficient (Wildman–Crippen LogP) is 4.80. The van der Waals surface area contributed by atoms with Crippen molar-refractivity contribution >= 4 is 17.8 Å². The number of rotatable bonds is 6. The number of aryl methyl sites for hydroxylation is 1. The molecule has 4 heteroatoms. The zero-order valence-corrected chi connectivity index (χ0v) is 14.6. The van der Waals surface area contributed by atoms with Gasteiger partial charge in [-0.05, 0) is 47.9 Å². The van der Waals surface area contributed by atoms with Crippen molar-refractivity contribution in [3.05, 3.63) is 101 Å². The first-order valence-electron chi connectivity index (χ1n) is 8.39. The van der Waals surface area contributed by atoms with E-state index in [0.29, 0.717) is 12.2 Å². The van der Waals surface area contributed by atoms with Crippen molar-refractivity contribution in [1.82, 2.24) is 0 Å². The monoisotopic (exact) mass is 344 g/mol. The Kier molecular flexibility index (Phi) is 5.78. The normalized spacial score (nSPS) is 10.7. The fourth-order valence-corrected chi connectivity index (χ4v) is 2.41. The molecule has 0 aliphatic heterocycles. The van der Waals surface area contributed by atoms with E-state index in [-0.39, 0.29) is 5.91 Å². The summed E-state index contributed by atoms with van der Waals surface area (Å²) in [6.45, 7) is 2.38. The van der Waals surface area contributed by atoms with E-state index in [2.05, 4.69) is 10.5 Å². The van der Waals surface area contributed by atoms with Crippen LogP contribution in [0, 0.1) is 6.92 Å². The fourth-order valence-electron chi connectivity index (χ4n) is 2.41. The summed E-state index contributed by atoms with van der Waals surface area (Å²) in [5.41, 5.74) is 4.49. The molecule has 3 aromatic carbocycles. The molecule has 130 valence electrons. The molecule has 0 aliphatic carbocycles. The number of carbonyl (C=O) groups is 1. The van der Waals surface area contributed by atoms with E-state index >= 15 is 0 Å². The van der Waals surface area contributed by atoms with Crippen LogP contribution in [0.1, 0.15) is 27.0 Å². The van der Waals surface area contributed by atoms with Crippen LogP contribution in [0.4, 0.5) is 5.69 Å². The molecule has 0 saturated carbocycles. The zero-order valence-electron chi connectivity index (χ0n) is 14.6. The second-order valence-electron chi connectivity index (χ2n) is 5.88. The standard InChI is InChI=1S/C22H20N2O2/c1-17-7-5-6-8-20(17)15-23-26-16-18-11-13-19(14-12-18)22(25)24-21-9-3-2-4-10-21/h2-15H,16H2,1H3,(H,24,25)/b23-15-. The summed E-state index contributed by atoms with van der Waals surface area (Å²) < 4.78 is 0. The number of hydrogen-bond donors (Lipinski definition) is 1. The van der Waals surface area contributed by atoms with Gasteiger partial charge in [-0.1, -0.05) is 59.8 Å². The molecule has 0 heterocycles. The maximum absolute atomic E-state index is 12.2. The van der Waals surface area contributed by atoms with Crippen LogP contribution in [-0.2, 0) is 11.4 Å². The Balaban J connectivity index is 1.53. The van der Waals surface area contributed by atoms with Gasteiger partial charge in [0.2, 0.25) is 0 Å². The summed E-state index contributed by atoms with van der Waals surface area (Å²) in [6, 6.07) is 24.6. The van der Waals surface area contributed by atoms with Crippen molar-refractivity contribution in [2.75, 3.05) is 5.32 Å². The zero-order chi connectivity index (χ0) is 18.2. The molecule has 1 N–H and O–H groups in total. The Morgan fingerprint density at radius 3 is 2.38 bits per heavy atom. The van der Waals surface area contributed by atoms with Gasteiger partial charge in [-0.3, -0.25) is 4.79 Å². The van der Waals surface area contributed by atoms with Crippen molar-refractivity contribution in [1.29, 1.82) is 0 Å². The lowest BCUT2D eigenvalue weighted by atomic mass is 10.1. The molecule has 0 atom stereocenters. The van der Waals surface area contributed by atoms with Crippen LogP contribution in [0.3, 0.4) is 0 Å². The highest BCUT2D eigenvalue weighted by Gasteiger charge is 2.05. The van der Waals surface area contributed by atoms with Crippen molar-refractivity contribution < 1.29 is 9.63 Å². The van der Waals surface area contributed by atoms with E-state index in [1.54, 1.807) is 18.3 Å². The largest absolute Gasteiger partial charge is 0.391 e. The molecular weight excluding hydrogens is 324 g/mol. The summed E-state index contributed by atoms with van der Waals surface area (Å²) in [5.74, 6) is -0.138. The Bertz CT molecular complexity index is 888. The van der Waals surface area contributed by atoms with Crippen molar-refractivity contribution in [2.24, 2.45) is 5.16 Å². The highest BCUT2D eigenvalue weighted by Crippen LogP contribution is 2.11. The third kappa shape index (κ3) is 4.80. The predicted molar refractivity (Wildman–Crippen MR) is 104 cm³/mol. The highest BCUT2D eigenvalue weighted by molar-refractivity contribution is 6.04. The van der Waals surface area contributed by atoms with E-state index in [1.165, 1.54) is 0 Å². The number of anilines is 1. The Morgan fingerprint density at radius 1 is 0.962 bits per heavy atom. The van der Waals surface area contributed by atoms with Crippen molar-refractivity contribution in [2.45, 2.75) is 13.5 Å². The van der Waals surface area contributed by atoms with Crippen molar-refractivity contribution in [3.63, 3.8) is 0 Å². The fraction of sp³-hybridized carbons (Fsp3) is 0.0909. The van der Waals surface area contributed by atoms with E-state index in [4.69, 9.17) is 4.84 Å². The van der Waals surface area contributed by atoms with Gasteiger partial charge in [0.05, 0.1) is 6.21 Å². The maximum atomic E-state index is 12.2. The first-order chi connectivity index (χ1) is 12.7. The smallest absolute Gasteiger partial charge is 0.255 e. The minimum Gasteiger partial charge on any atom is -0.391 e. The van der Waals surface area contributed by atoms with Gasteiger partial charge in [0.1, 0.15) is 6.61 Å². The SMILES string of the molecule is Cc1ccccc1/C=N\OCc1ccc(C(=O)Nc2ccccc2)cc1. The van der Waals surface area contributed by atoms with Gasteiger partial charge in [-0.15, -0.1) is 0 Å². The first kappa shape index (κ1) is 17.4. The van der Waals surface area contributed by atoms with E-state index in [0.717, 1.165) is 22.4 Å². The summed E-state index contributed by atoms with van der Waals surface area (Å²) in [6.07, 6.45) is 1.71. The second kappa shape index (κ2) is 8.62. The lowest BCUT2D eigenvalue weighted by molar-refractivity contribution is 0.102. The lowest BCUT2D eigenvalue weighted by Crippen LogP contribution is -2.11. The summed E-state index contributed by atoms with van der Waals surface area (Å²) in [4.78, 5) is 17.6. The molecule has 0 spiro atoms.